The number of fused-ring (bicyclic) bond motifs is 1. The number of carbonyl (C=O) groups excluding carboxylic acids is 1. The highest BCUT2D eigenvalue weighted by atomic mass is 35.5. The van der Waals surface area contributed by atoms with Crippen LogP contribution in [0, 0.1) is 5.82 Å². The first-order chi connectivity index (χ1) is 11.6. The van der Waals surface area contributed by atoms with Crippen molar-refractivity contribution in [2.24, 2.45) is 0 Å². The maximum atomic E-state index is 13.1. The number of benzene rings is 2. The Labute approximate surface area is 143 Å². The molecule has 0 radical (unpaired) electrons. The van der Waals surface area contributed by atoms with Gasteiger partial charge in [-0.05, 0) is 35.9 Å². The van der Waals surface area contributed by atoms with Crippen molar-refractivity contribution in [1.82, 2.24) is 5.32 Å². The minimum Gasteiger partial charge on any atom is -0.454 e. The van der Waals surface area contributed by atoms with E-state index in [1.165, 1.54) is 18.2 Å². The highest BCUT2D eigenvalue weighted by Gasteiger charge is 2.13. The second-order valence-corrected chi connectivity index (χ2v) is 5.70. The number of carbonyl (C=O) groups is 1. The zero-order chi connectivity index (χ0) is 16.9. The van der Waals surface area contributed by atoms with Crippen LogP contribution in [0.4, 0.5) is 10.1 Å². The van der Waals surface area contributed by atoms with Gasteiger partial charge in [-0.3, -0.25) is 4.79 Å². The van der Waals surface area contributed by atoms with Gasteiger partial charge in [-0.15, -0.1) is 0 Å². The molecule has 3 rings (SSSR count). The lowest BCUT2D eigenvalue weighted by Gasteiger charge is -2.08. The van der Waals surface area contributed by atoms with Crippen LogP contribution in [0.25, 0.3) is 0 Å². The molecule has 1 heterocycles. The predicted molar refractivity (Wildman–Crippen MR) is 88.9 cm³/mol. The minimum atomic E-state index is -0.514. The zero-order valence-electron chi connectivity index (χ0n) is 12.8. The summed E-state index contributed by atoms with van der Waals surface area (Å²) >= 11 is 5.67. The van der Waals surface area contributed by atoms with Gasteiger partial charge >= 0.3 is 0 Å². The van der Waals surface area contributed by atoms with Crippen LogP contribution in [0.3, 0.4) is 0 Å². The van der Waals surface area contributed by atoms with Gasteiger partial charge < -0.3 is 20.1 Å². The molecule has 2 aromatic carbocycles. The number of hydrogen-bond donors (Lipinski definition) is 2. The molecule has 0 bridgehead atoms. The molecule has 0 saturated heterocycles. The van der Waals surface area contributed by atoms with Crippen LogP contribution in [0.15, 0.2) is 36.4 Å². The molecular formula is C17H16ClFN2O3. The van der Waals surface area contributed by atoms with Crippen molar-refractivity contribution in [3.8, 4) is 11.5 Å². The molecule has 0 fully saturated rings. The highest BCUT2D eigenvalue weighted by Crippen LogP contribution is 2.32. The van der Waals surface area contributed by atoms with Crippen molar-refractivity contribution in [2.75, 3.05) is 18.7 Å². The predicted octanol–water partition coefficient (Wildman–Crippen LogP) is 3.33. The monoisotopic (exact) mass is 350 g/mol. The number of anilines is 1. The molecule has 2 aromatic rings. The molecule has 1 amide bonds. The fourth-order valence-corrected chi connectivity index (χ4v) is 2.46. The molecule has 0 aromatic heterocycles. The van der Waals surface area contributed by atoms with Gasteiger partial charge in [0.2, 0.25) is 12.7 Å². The lowest BCUT2D eigenvalue weighted by Crippen LogP contribution is -2.21. The number of rotatable bonds is 6. The summed E-state index contributed by atoms with van der Waals surface area (Å²) in [7, 11) is 0. The Balaban J connectivity index is 1.41. The van der Waals surface area contributed by atoms with E-state index in [-0.39, 0.29) is 17.7 Å². The van der Waals surface area contributed by atoms with Crippen molar-refractivity contribution in [1.29, 1.82) is 0 Å². The number of amides is 1. The first kappa shape index (κ1) is 16.5. The first-order valence-corrected chi connectivity index (χ1v) is 7.84. The van der Waals surface area contributed by atoms with Gasteiger partial charge in [-0.2, -0.15) is 0 Å². The molecule has 0 atom stereocenters. The number of hydrogen-bond acceptors (Lipinski definition) is 4. The van der Waals surface area contributed by atoms with Crippen LogP contribution in [0.1, 0.15) is 12.0 Å². The molecular weight excluding hydrogens is 335 g/mol. The van der Waals surface area contributed by atoms with E-state index < -0.39 is 5.82 Å². The Hall–Kier alpha value is -2.31. The molecule has 1 aliphatic heterocycles. The van der Waals surface area contributed by atoms with Gasteiger partial charge in [-0.25, -0.2) is 4.39 Å². The lowest BCUT2D eigenvalue weighted by molar-refractivity contribution is -0.116. The Morgan fingerprint density at radius 1 is 1.17 bits per heavy atom. The number of nitrogens with one attached hydrogen (secondary N) is 2. The van der Waals surface area contributed by atoms with Crippen molar-refractivity contribution >= 4 is 23.2 Å². The summed E-state index contributed by atoms with van der Waals surface area (Å²) in [5.74, 6) is 0.798. The second-order valence-electron chi connectivity index (χ2n) is 5.29. The van der Waals surface area contributed by atoms with Crippen LogP contribution in [-0.2, 0) is 11.3 Å². The van der Waals surface area contributed by atoms with Crippen LogP contribution in [0.5, 0.6) is 11.5 Å². The van der Waals surface area contributed by atoms with Crippen LogP contribution in [-0.4, -0.2) is 19.2 Å². The zero-order valence-corrected chi connectivity index (χ0v) is 13.5. The topological polar surface area (TPSA) is 59.6 Å². The standard InChI is InChI=1S/C17H16ClFN2O3/c18-13-8-12(2-3-14(13)19)21-17(22)5-6-20-9-11-1-4-15-16(7-11)24-10-23-15/h1-4,7-8,20H,5-6,9-10H2,(H,21,22). The summed E-state index contributed by atoms with van der Waals surface area (Å²) in [6.45, 7) is 1.38. The molecule has 24 heavy (non-hydrogen) atoms. The molecule has 0 unspecified atom stereocenters. The van der Waals surface area contributed by atoms with Gasteiger partial charge in [0.1, 0.15) is 5.82 Å². The summed E-state index contributed by atoms with van der Waals surface area (Å²) in [5.41, 5.74) is 1.52. The summed E-state index contributed by atoms with van der Waals surface area (Å²) in [6.07, 6.45) is 0.291. The van der Waals surface area contributed by atoms with E-state index >= 15 is 0 Å². The average Bonchev–Trinajstić information content (AvgIpc) is 3.03. The fourth-order valence-electron chi connectivity index (χ4n) is 2.28. The summed E-state index contributed by atoms with van der Waals surface area (Å²) in [5, 5.41) is 5.84. The van der Waals surface area contributed by atoms with Crippen molar-refractivity contribution < 1.29 is 18.7 Å². The van der Waals surface area contributed by atoms with E-state index in [4.69, 9.17) is 21.1 Å². The summed E-state index contributed by atoms with van der Waals surface area (Å²) in [4.78, 5) is 11.8. The second kappa shape index (κ2) is 7.51. The Morgan fingerprint density at radius 3 is 2.83 bits per heavy atom. The van der Waals surface area contributed by atoms with E-state index in [0.717, 1.165) is 17.1 Å². The number of halogens is 2. The lowest BCUT2D eigenvalue weighted by atomic mass is 10.2. The van der Waals surface area contributed by atoms with Gasteiger partial charge in [0.25, 0.3) is 0 Å². The van der Waals surface area contributed by atoms with E-state index in [1.54, 1.807) is 0 Å². The summed E-state index contributed by atoms with van der Waals surface area (Å²) < 4.78 is 23.6. The quantitative estimate of drug-likeness (QED) is 0.785. The smallest absolute Gasteiger partial charge is 0.231 e. The van der Waals surface area contributed by atoms with Gasteiger partial charge in [0, 0.05) is 25.2 Å². The van der Waals surface area contributed by atoms with E-state index in [1.807, 2.05) is 18.2 Å². The van der Waals surface area contributed by atoms with Crippen molar-refractivity contribution in [2.45, 2.75) is 13.0 Å². The van der Waals surface area contributed by atoms with Gasteiger partial charge in [0.05, 0.1) is 5.02 Å². The minimum absolute atomic E-state index is 0.0197. The fraction of sp³-hybridized carbons (Fsp3) is 0.235. The largest absolute Gasteiger partial charge is 0.454 e. The van der Waals surface area contributed by atoms with Crippen LogP contribution in [0.2, 0.25) is 5.02 Å². The van der Waals surface area contributed by atoms with Crippen molar-refractivity contribution in [3.05, 3.63) is 52.8 Å². The third kappa shape index (κ3) is 4.15. The highest BCUT2D eigenvalue weighted by molar-refractivity contribution is 6.31. The van der Waals surface area contributed by atoms with Gasteiger partial charge in [0.15, 0.2) is 11.5 Å². The van der Waals surface area contributed by atoms with E-state index in [9.17, 15) is 9.18 Å². The number of ether oxygens (including phenoxy) is 2. The maximum absolute atomic E-state index is 13.1. The molecule has 126 valence electrons. The average molecular weight is 351 g/mol. The Kier molecular flexibility index (Phi) is 5.17. The molecule has 2 N–H and O–H groups in total. The van der Waals surface area contributed by atoms with Crippen LogP contribution < -0.4 is 20.1 Å². The Morgan fingerprint density at radius 2 is 2.00 bits per heavy atom. The third-order valence-corrected chi connectivity index (χ3v) is 3.79. The van der Waals surface area contributed by atoms with Crippen LogP contribution >= 0.6 is 11.6 Å². The normalized spacial score (nSPS) is 12.2. The SMILES string of the molecule is O=C(CCNCc1ccc2c(c1)OCO2)Nc1ccc(F)c(Cl)c1. The first-order valence-electron chi connectivity index (χ1n) is 7.46. The summed E-state index contributed by atoms with van der Waals surface area (Å²) in [6, 6.07) is 9.80. The van der Waals surface area contributed by atoms with Gasteiger partial charge in [-0.1, -0.05) is 17.7 Å². The molecule has 0 aliphatic carbocycles. The van der Waals surface area contributed by atoms with E-state index in [2.05, 4.69) is 10.6 Å². The molecule has 5 nitrogen and oxygen atoms in total. The molecule has 0 spiro atoms. The third-order valence-electron chi connectivity index (χ3n) is 3.50. The molecule has 0 saturated carbocycles. The maximum Gasteiger partial charge on any atom is 0.231 e. The Bertz CT molecular complexity index is 755. The molecule has 7 heteroatoms. The van der Waals surface area contributed by atoms with E-state index in [0.29, 0.717) is 25.2 Å². The van der Waals surface area contributed by atoms with Crippen molar-refractivity contribution in [3.63, 3.8) is 0 Å². The molecule has 1 aliphatic rings.